The summed E-state index contributed by atoms with van der Waals surface area (Å²) in [5.41, 5.74) is 0.797. The number of hydrogen-bond acceptors (Lipinski definition) is 2. The topological polar surface area (TPSA) is 65.5 Å². The Bertz CT molecular complexity index is 529. The number of carbonyl (C=O) groups is 1. The Balaban J connectivity index is 2.11. The maximum Gasteiger partial charge on any atom is 0.224 e. The van der Waals surface area contributed by atoms with Crippen molar-refractivity contribution in [2.75, 3.05) is 26.7 Å². The Morgan fingerprint density at radius 3 is 2.32 bits per heavy atom. The molecule has 1 aromatic rings. The second-order valence-electron chi connectivity index (χ2n) is 6.47. The van der Waals surface area contributed by atoms with E-state index in [1.165, 1.54) is 25.0 Å². The van der Waals surface area contributed by atoms with Gasteiger partial charge in [0, 0.05) is 26.7 Å². The molecule has 1 amide bonds. The minimum absolute atomic E-state index is 0.0787. The fraction of sp³-hybridized carbons (Fsp3) is 0.579. The largest absolute Gasteiger partial charge is 0.356 e. The van der Waals surface area contributed by atoms with Crippen LogP contribution in [0.2, 0.25) is 0 Å². The van der Waals surface area contributed by atoms with Crippen molar-refractivity contribution >= 4 is 11.9 Å². The fourth-order valence-electron chi connectivity index (χ4n) is 2.34. The number of unbranched alkanes of at least 4 members (excludes halogenated alkanes) is 1. The first-order valence-electron chi connectivity index (χ1n) is 8.97. The smallest absolute Gasteiger partial charge is 0.224 e. The number of guanidine groups is 1. The van der Waals surface area contributed by atoms with E-state index in [4.69, 9.17) is 0 Å². The average Bonchev–Trinajstić information content (AvgIpc) is 2.58. The van der Waals surface area contributed by atoms with Crippen LogP contribution in [0.5, 0.6) is 0 Å². The summed E-state index contributed by atoms with van der Waals surface area (Å²) in [5, 5.41) is 9.27. The molecule has 0 radical (unpaired) electrons. The second kappa shape index (κ2) is 12.3. The lowest BCUT2D eigenvalue weighted by Crippen LogP contribution is -2.42. The Morgan fingerprint density at radius 2 is 1.68 bits per heavy atom. The summed E-state index contributed by atoms with van der Waals surface area (Å²) in [6.45, 7) is 6.47. The molecule has 0 fully saturated rings. The molecule has 5 nitrogen and oxygen atoms in total. The van der Waals surface area contributed by atoms with Crippen LogP contribution in [-0.4, -0.2) is 38.5 Å². The van der Waals surface area contributed by atoms with Gasteiger partial charge in [0.25, 0.3) is 0 Å². The summed E-state index contributed by atoms with van der Waals surface area (Å²) in [6.07, 6.45) is 3.82. The van der Waals surface area contributed by atoms with Gasteiger partial charge in [-0.3, -0.25) is 9.79 Å². The van der Waals surface area contributed by atoms with E-state index in [1.807, 2.05) is 0 Å². The minimum Gasteiger partial charge on any atom is -0.356 e. The van der Waals surface area contributed by atoms with Crippen LogP contribution in [0.25, 0.3) is 0 Å². The van der Waals surface area contributed by atoms with E-state index < -0.39 is 0 Å². The van der Waals surface area contributed by atoms with Crippen molar-refractivity contribution < 1.29 is 9.18 Å². The van der Waals surface area contributed by atoms with Crippen LogP contribution in [0, 0.1) is 11.7 Å². The number of hydrogen-bond donors (Lipinski definition) is 3. The van der Waals surface area contributed by atoms with Crippen molar-refractivity contribution in [3.63, 3.8) is 0 Å². The zero-order valence-electron chi connectivity index (χ0n) is 15.6. The molecule has 1 rings (SSSR count). The van der Waals surface area contributed by atoms with E-state index in [9.17, 15) is 9.18 Å². The highest BCUT2D eigenvalue weighted by atomic mass is 19.1. The molecule has 3 N–H and O–H groups in total. The lowest BCUT2D eigenvalue weighted by Gasteiger charge is -2.12. The number of halogens is 1. The van der Waals surface area contributed by atoms with Crippen LogP contribution < -0.4 is 16.0 Å². The molecule has 0 atom stereocenters. The number of nitrogens with one attached hydrogen (secondary N) is 3. The first-order chi connectivity index (χ1) is 12.0. The molecule has 0 saturated carbocycles. The first-order valence-corrected chi connectivity index (χ1v) is 8.97. The van der Waals surface area contributed by atoms with Gasteiger partial charge < -0.3 is 16.0 Å². The monoisotopic (exact) mass is 350 g/mol. The molecule has 0 saturated heterocycles. The average molecular weight is 350 g/mol. The molecule has 6 heteroatoms. The van der Waals surface area contributed by atoms with E-state index in [2.05, 4.69) is 34.8 Å². The normalized spacial score (nSPS) is 11.5. The van der Waals surface area contributed by atoms with Gasteiger partial charge in [0.05, 0.1) is 6.42 Å². The standard InChI is InChI=1S/C19H31FN4O/c1-15(2)6-4-5-11-23-19(21-3)24-13-12-22-18(25)14-16-7-9-17(20)10-8-16/h7-10,15H,4-6,11-14H2,1-3H3,(H,22,25)(H2,21,23,24). The van der Waals surface area contributed by atoms with E-state index in [0.717, 1.165) is 30.4 Å². The van der Waals surface area contributed by atoms with Gasteiger partial charge in [-0.05, 0) is 30.0 Å². The van der Waals surface area contributed by atoms with Gasteiger partial charge >= 0.3 is 0 Å². The molecule has 140 valence electrons. The Hall–Kier alpha value is -2.11. The van der Waals surface area contributed by atoms with Gasteiger partial charge in [-0.1, -0.05) is 38.8 Å². The molecule has 0 aliphatic carbocycles. The van der Waals surface area contributed by atoms with Crippen molar-refractivity contribution in [3.05, 3.63) is 35.6 Å². The fourth-order valence-corrected chi connectivity index (χ4v) is 2.34. The Morgan fingerprint density at radius 1 is 1.04 bits per heavy atom. The third-order valence-electron chi connectivity index (χ3n) is 3.74. The highest BCUT2D eigenvalue weighted by Gasteiger charge is 2.03. The number of amides is 1. The zero-order chi connectivity index (χ0) is 18.5. The van der Waals surface area contributed by atoms with Gasteiger partial charge in [0.15, 0.2) is 5.96 Å². The lowest BCUT2D eigenvalue weighted by molar-refractivity contribution is -0.120. The van der Waals surface area contributed by atoms with Crippen LogP contribution in [0.3, 0.4) is 0 Å². The summed E-state index contributed by atoms with van der Waals surface area (Å²) < 4.78 is 12.8. The zero-order valence-corrected chi connectivity index (χ0v) is 15.6. The SMILES string of the molecule is CN=C(NCCCCC(C)C)NCCNC(=O)Cc1ccc(F)cc1. The number of benzene rings is 1. The molecule has 0 spiro atoms. The van der Waals surface area contributed by atoms with Crippen molar-refractivity contribution in [2.45, 2.75) is 39.5 Å². The van der Waals surface area contributed by atoms with E-state index in [1.54, 1.807) is 19.2 Å². The lowest BCUT2D eigenvalue weighted by atomic mass is 10.1. The van der Waals surface area contributed by atoms with Crippen LogP contribution in [0.15, 0.2) is 29.3 Å². The van der Waals surface area contributed by atoms with Crippen LogP contribution in [-0.2, 0) is 11.2 Å². The molecular formula is C19H31FN4O. The Kier molecular flexibility index (Phi) is 10.3. The molecule has 0 aliphatic rings. The van der Waals surface area contributed by atoms with E-state index >= 15 is 0 Å². The molecule has 0 heterocycles. The van der Waals surface area contributed by atoms with Crippen molar-refractivity contribution in [1.82, 2.24) is 16.0 Å². The highest BCUT2D eigenvalue weighted by molar-refractivity contribution is 5.80. The predicted molar refractivity (Wildman–Crippen MR) is 101 cm³/mol. The number of aliphatic imine (C=N–C) groups is 1. The summed E-state index contributed by atoms with van der Waals surface area (Å²) in [7, 11) is 1.73. The van der Waals surface area contributed by atoms with Crippen molar-refractivity contribution in [1.29, 1.82) is 0 Å². The van der Waals surface area contributed by atoms with E-state index in [-0.39, 0.29) is 18.1 Å². The van der Waals surface area contributed by atoms with Crippen LogP contribution >= 0.6 is 0 Å². The Labute approximate surface area is 150 Å². The molecular weight excluding hydrogens is 319 g/mol. The summed E-state index contributed by atoms with van der Waals surface area (Å²) in [6, 6.07) is 5.97. The third-order valence-corrected chi connectivity index (χ3v) is 3.74. The first kappa shape index (κ1) is 20.9. The summed E-state index contributed by atoms with van der Waals surface area (Å²) >= 11 is 0. The highest BCUT2D eigenvalue weighted by Crippen LogP contribution is 2.05. The molecule has 0 bridgehead atoms. The summed E-state index contributed by atoms with van der Waals surface area (Å²) in [4.78, 5) is 16.0. The number of carbonyl (C=O) groups excluding carboxylic acids is 1. The van der Waals surface area contributed by atoms with Gasteiger partial charge in [-0.2, -0.15) is 0 Å². The second-order valence-corrected chi connectivity index (χ2v) is 6.47. The predicted octanol–water partition coefficient (Wildman–Crippen LogP) is 2.48. The number of rotatable bonds is 10. The van der Waals surface area contributed by atoms with Crippen LogP contribution in [0.1, 0.15) is 38.7 Å². The molecule has 0 aliphatic heterocycles. The maximum absolute atomic E-state index is 12.8. The molecule has 25 heavy (non-hydrogen) atoms. The quantitative estimate of drug-likeness (QED) is 0.345. The van der Waals surface area contributed by atoms with E-state index in [0.29, 0.717) is 13.1 Å². The van der Waals surface area contributed by atoms with Gasteiger partial charge in [0.2, 0.25) is 5.91 Å². The molecule has 0 unspecified atom stereocenters. The summed E-state index contributed by atoms with van der Waals surface area (Å²) in [5.74, 6) is 1.12. The van der Waals surface area contributed by atoms with Crippen molar-refractivity contribution in [3.8, 4) is 0 Å². The molecule has 1 aromatic carbocycles. The minimum atomic E-state index is -0.295. The van der Waals surface area contributed by atoms with Gasteiger partial charge in [0.1, 0.15) is 5.82 Å². The number of nitrogens with zero attached hydrogens (tertiary/aromatic N) is 1. The van der Waals surface area contributed by atoms with Gasteiger partial charge in [-0.25, -0.2) is 4.39 Å². The van der Waals surface area contributed by atoms with Crippen molar-refractivity contribution in [2.24, 2.45) is 10.9 Å². The maximum atomic E-state index is 12.8. The third kappa shape index (κ3) is 10.4. The van der Waals surface area contributed by atoms with Gasteiger partial charge in [-0.15, -0.1) is 0 Å². The van der Waals surface area contributed by atoms with Crippen LogP contribution in [0.4, 0.5) is 4.39 Å². The molecule has 0 aromatic heterocycles.